The van der Waals surface area contributed by atoms with Gasteiger partial charge >= 0.3 is 0 Å². The Bertz CT molecular complexity index is 1030. The molecule has 1 unspecified atom stereocenters. The molecule has 1 aromatic carbocycles. The van der Waals surface area contributed by atoms with Gasteiger partial charge in [0.1, 0.15) is 12.4 Å². The van der Waals surface area contributed by atoms with Crippen LogP contribution in [0.3, 0.4) is 0 Å². The summed E-state index contributed by atoms with van der Waals surface area (Å²) in [4.78, 5) is 0.711. The van der Waals surface area contributed by atoms with E-state index in [9.17, 15) is 0 Å². The Kier molecular flexibility index (Phi) is 2.86. The molecule has 0 saturated carbocycles. The van der Waals surface area contributed by atoms with Crippen LogP contribution < -0.4 is 9.47 Å². The van der Waals surface area contributed by atoms with Crippen LogP contribution in [-0.2, 0) is 0 Å². The van der Waals surface area contributed by atoms with Crippen LogP contribution in [0.1, 0.15) is 16.9 Å². The minimum atomic E-state index is -0.259. The molecule has 5 rings (SSSR count). The maximum absolute atomic E-state index is 6.01. The van der Waals surface area contributed by atoms with Crippen LogP contribution in [0.15, 0.2) is 41.0 Å². The van der Waals surface area contributed by atoms with Gasteiger partial charge in [-0.3, -0.25) is 0 Å². The molecule has 0 N–H and O–H groups in total. The van der Waals surface area contributed by atoms with Crippen molar-refractivity contribution in [2.75, 3.05) is 6.61 Å². The molecule has 0 aliphatic carbocycles. The highest BCUT2D eigenvalue weighted by molar-refractivity contribution is 7.16. The number of hydrogen-bond acceptors (Lipinski definition) is 7. The highest BCUT2D eigenvalue weighted by Crippen LogP contribution is 2.37. The molecule has 4 heterocycles. The number of aryl methyl sites for hydroxylation is 1. The van der Waals surface area contributed by atoms with Crippen LogP contribution in [0.5, 0.6) is 11.5 Å². The predicted octanol–water partition coefficient (Wildman–Crippen LogP) is 3.27. The van der Waals surface area contributed by atoms with Gasteiger partial charge in [-0.1, -0.05) is 23.5 Å². The van der Waals surface area contributed by atoms with E-state index in [2.05, 4.69) is 15.3 Å². The lowest BCUT2D eigenvalue weighted by molar-refractivity contribution is 0.0904. The summed E-state index contributed by atoms with van der Waals surface area (Å²) in [6.45, 7) is 2.31. The number of aromatic nitrogens is 4. The zero-order valence-corrected chi connectivity index (χ0v) is 13.5. The standard InChI is InChI=1S/C16H12N4O3S/c1-9-10(6-7-21-9)14-17-18-16-20(14)19-15(24-16)13-8-22-11-4-2-3-5-12(11)23-13/h2-7,13H,8H2,1H3. The number of hydrogen-bond donors (Lipinski definition) is 0. The van der Waals surface area contributed by atoms with Gasteiger partial charge in [0, 0.05) is 0 Å². The summed E-state index contributed by atoms with van der Waals surface area (Å²) in [5.74, 6) is 2.93. The van der Waals surface area contributed by atoms with Crippen molar-refractivity contribution in [1.82, 2.24) is 19.8 Å². The van der Waals surface area contributed by atoms with E-state index in [1.165, 1.54) is 11.3 Å². The van der Waals surface area contributed by atoms with Crippen LogP contribution in [0.25, 0.3) is 16.3 Å². The molecule has 1 aliphatic rings. The SMILES string of the molecule is Cc1occc1-c1nnc2sc(C3COc4ccccc4O3)nn12. The second kappa shape index (κ2) is 5.07. The Hall–Kier alpha value is -2.87. The molecule has 1 atom stereocenters. The summed E-state index contributed by atoms with van der Waals surface area (Å²) < 4.78 is 18.9. The maximum Gasteiger partial charge on any atom is 0.235 e. The molecule has 4 aromatic rings. The lowest BCUT2D eigenvalue weighted by Gasteiger charge is -2.24. The zero-order chi connectivity index (χ0) is 16.1. The van der Waals surface area contributed by atoms with Gasteiger partial charge in [-0.25, -0.2) is 0 Å². The molecule has 7 nitrogen and oxygen atoms in total. The lowest BCUT2D eigenvalue weighted by atomic mass is 10.2. The topological polar surface area (TPSA) is 74.7 Å². The molecule has 24 heavy (non-hydrogen) atoms. The number of para-hydroxylation sites is 2. The average Bonchev–Trinajstić information content (AvgIpc) is 3.30. The van der Waals surface area contributed by atoms with E-state index in [-0.39, 0.29) is 6.10 Å². The first-order chi connectivity index (χ1) is 11.8. The first-order valence-electron chi connectivity index (χ1n) is 7.45. The van der Waals surface area contributed by atoms with E-state index in [4.69, 9.17) is 13.9 Å². The van der Waals surface area contributed by atoms with Crippen molar-refractivity contribution in [3.05, 3.63) is 47.4 Å². The number of ether oxygens (including phenoxy) is 2. The van der Waals surface area contributed by atoms with Gasteiger partial charge in [0.15, 0.2) is 28.4 Å². The smallest absolute Gasteiger partial charge is 0.235 e. The van der Waals surface area contributed by atoms with E-state index in [0.717, 1.165) is 27.8 Å². The third-order valence-electron chi connectivity index (χ3n) is 3.89. The third kappa shape index (κ3) is 2.00. The number of fused-ring (bicyclic) bond motifs is 2. The Morgan fingerprint density at radius 1 is 1.17 bits per heavy atom. The van der Waals surface area contributed by atoms with Crippen LogP contribution in [-0.4, -0.2) is 26.4 Å². The van der Waals surface area contributed by atoms with Gasteiger partial charge in [-0.2, -0.15) is 9.61 Å². The predicted molar refractivity (Wildman–Crippen MR) is 86.4 cm³/mol. The second-order valence-corrected chi connectivity index (χ2v) is 6.40. The molecule has 0 bridgehead atoms. The Balaban J connectivity index is 1.53. The van der Waals surface area contributed by atoms with E-state index in [0.29, 0.717) is 17.4 Å². The van der Waals surface area contributed by atoms with Crippen molar-refractivity contribution >= 4 is 16.3 Å². The summed E-state index contributed by atoms with van der Waals surface area (Å²) in [5.41, 5.74) is 0.880. The average molecular weight is 340 g/mol. The molecular formula is C16H12N4O3S. The monoisotopic (exact) mass is 340 g/mol. The highest BCUT2D eigenvalue weighted by Gasteiger charge is 2.27. The highest BCUT2D eigenvalue weighted by atomic mass is 32.1. The largest absolute Gasteiger partial charge is 0.485 e. The molecule has 0 fully saturated rings. The molecule has 3 aromatic heterocycles. The van der Waals surface area contributed by atoms with Crippen LogP contribution >= 0.6 is 11.3 Å². The van der Waals surface area contributed by atoms with Crippen molar-refractivity contribution in [1.29, 1.82) is 0 Å². The second-order valence-electron chi connectivity index (χ2n) is 5.41. The lowest BCUT2D eigenvalue weighted by Crippen LogP contribution is -2.21. The minimum Gasteiger partial charge on any atom is -0.485 e. The number of nitrogens with zero attached hydrogens (tertiary/aromatic N) is 4. The summed E-state index contributed by atoms with van der Waals surface area (Å²) in [6.07, 6.45) is 1.37. The molecule has 8 heteroatoms. The summed E-state index contributed by atoms with van der Waals surface area (Å²) in [5, 5.41) is 13.8. The summed E-state index contributed by atoms with van der Waals surface area (Å²) in [7, 11) is 0. The fourth-order valence-corrected chi connectivity index (χ4v) is 3.54. The number of benzene rings is 1. The molecule has 0 spiro atoms. The van der Waals surface area contributed by atoms with E-state index >= 15 is 0 Å². The van der Waals surface area contributed by atoms with Crippen molar-refractivity contribution in [2.45, 2.75) is 13.0 Å². The van der Waals surface area contributed by atoms with E-state index in [1.54, 1.807) is 10.8 Å². The van der Waals surface area contributed by atoms with Crippen molar-refractivity contribution in [2.24, 2.45) is 0 Å². The molecule has 0 radical (unpaired) electrons. The maximum atomic E-state index is 6.01. The van der Waals surface area contributed by atoms with Crippen LogP contribution in [0, 0.1) is 6.92 Å². The first kappa shape index (κ1) is 13.6. The molecular weight excluding hydrogens is 328 g/mol. The summed E-state index contributed by atoms with van der Waals surface area (Å²) in [6, 6.07) is 9.49. The molecule has 0 amide bonds. The first-order valence-corrected chi connectivity index (χ1v) is 8.26. The van der Waals surface area contributed by atoms with Crippen molar-refractivity contribution in [3.63, 3.8) is 0 Å². The van der Waals surface area contributed by atoms with Crippen LogP contribution in [0.2, 0.25) is 0 Å². The quantitative estimate of drug-likeness (QED) is 0.557. The van der Waals surface area contributed by atoms with Gasteiger partial charge in [0.25, 0.3) is 0 Å². The fourth-order valence-electron chi connectivity index (χ4n) is 2.69. The zero-order valence-electron chi connectivity index (χ0n) is 12.7. The van der Waals surface area contributed by atoms with Gasteiger partial charge in [-0.05, 0) is 25.1 Å². The Labute approximate surface area is 140 Å². The number of rotatable bonds is 2. The van der Waals surface area contributed by atoms with Gasteiger partial charge in [-0.15, -0.1) is 10.2 Å². The van der Waals surface area contributed by atoms with Crippen molar-refractivity contribution in [3.8, 4) is 22.9 Å². The fraction of sp³-hybridized carbons (Fsp3) is 0.188. The van der Waals surface area contributed by atoms with Gasteiger partial charge < -0.3 is 13.9 Å². The Morgan fingerprint density at radius 2 is 2.04 bits per heavy atom. The number of furan rings is 1. The minimum absolute atomic E-state index is 0.259. The van der Waals surface area contributed by atoms with Gasteiger partial charge in [0.05, 0.1) is 11.8 Å². The molecule has 120 valence electrons. The molecule has 1 aliphatic heterocycles. The normalized spacial score (nSPS) is 16.6. The third-order valence-corrected chi connectivity index (χ3v) is 4.88. The molecule has 0 saturated heterocycles. The summed E-state index contributed by atoms with van der Waals surface area (Å²) >= 11 is 1.45. The van der Waals surface area contributed by atoms with Crippen LogP contribution in [0.4, 0.5) is 0 Å². The van der Waals surface area contributed by atoms with E-state index in [1.807, 2.05) is 37.3 Å². The van der Waals surface area contributed by atoms with E-state index < -0.39 is 0 Å². The van der Waals surface area contributed by atoms with Crippen molar-refractivity contribution < 1.29 is 13.9 Å². The Morgan fingerprint density at radius 3 is 2.88 bits per heavy atom. The van der Waals surface area contributed by atoms with Gasteiger partial charge in [0.2, 0.25) is 4.96 Å².